The molecule has 3 nitrogen and oxygen atoms in total. The first-order valence-electron chi connectivity index (χ1n) is 8.38. The summed E-state index contributed by atoms with van der Waals surface area (Å²) in [6, 6.07) is 12.1. The molecule has 1 heterocycles. The summed E-state index contributed by atoms with van der Waals surface area (Å²) in [6.45, 7) is 2.87. The molecule has 0 atom stereocenters. The predicted octanol–water partition coefficient (Wildman–Crippen LogP) is 6.47. The van der Waals surface area contributed by atoms with E-state index in [0.717, 1.165) is 40.2 Å². The van der Waals surface area contributed by atoms with E-state index in [1.54, 1.807) is 35.7 Å². The lowest BCUT2D eigenvalue weighted by molar-refractivity contribution is 0.627. The van der Waals surface area contributed by atoms with Gasteiger partial charge in [0.1, 0.15) is 11.6 Å². The van der Waals surface area contributed by atoms with E-state index in [-0.39, 0.29) is 5.82 Å². The topological polar surface area (TPSA) is 30.7 Å². The van der Waals surface area contributed by atoms with Crippen molar-refractivity contribution >= 4 is 46.7 Å². The zero-order chi connectivity index (χ0) is 19.2. The van der Waals surface area contributed by atoms with Crippen LogP contribution < -0.4 is 0 Å². The first kappa shape index (κ1) is 20.5. The summed E-state index contributed by atoms with van der Waals surface area (Å²) in [6.07, 6.45) is 0. The first-order valence-corrected chi connectivity index (χ1v) is 11.3. The smallest absolute Gasteiger partial charge is 0.191 e. The monoisotopic (exact) mass is 441 g/mol. The molecule has 0 radical (unpaired) electrons. The summed E-state index contributed by atoms with van der Waals surface area (Å²) >= 11 is 15.8. The fourth-order valence-electron chi connectivity index (χ4n) is 2.49. The highest BCUT2D eigenvalue weighted by molar-refractivity contribution is 7.98. The molecule has 1 aromatic heterocycles. The minimum absolute atomic E-state index is 0.224. The fraction of sp³-hybridized carbons (Fsp3) is 0.263. The van der Waals surface area contributed by atoms with E-state index in [0.29, 0.717) is 15.8 Å². The number of hydrogen-bond donors (Lipinski definition) is 0. The van der Waals surface area contributed by atoms with Gasteiger partial charge < -0.3 is 4.57 Å². The van der Waals surface area contributed by atoms with E-state index in [1.165, 1.54) is 12.1 Å². The van der Waals surface area contributed by atoms with Crippen molar-refractivity contribution in [2.45, 2.75) is 35.9 Å². The quantitative estimate of drug-likeness (QED) is 0.374. The molecule has 142 valence electrons. The molecule has 27 heavy (non-hydrogen) atoms. The van der Waals surface area contributed by atoms with Crippen molar-refractivity contribution in [2.75, 3.05) is 0 Å². The van der Waals surface area contributed by atoms with Gasteiger partial charge in [-0.05, 0) is 42.3 Å². The Morgan fingerprint density at radius 3 is 2.33 bits per heavy atom. The minimum Gasteiger partial charge on any atom is -0.306 e. The van der Waals surface area contributed by atoms with Crippen molar-refractivity contribution in [1.82, 2.24) is 14.8 Å². The van der Waals surface area contributed by atoms with Crippen molar-refractivity contribution in [3.63, 3.8) is 0 Å². The molecule has 3 rings (SSSR count). The van der Waals surface area contributed by atoms with Gasteiger partial charge in [-0.15, -0.1) is 22.0 Å². The molecule has 0 saturated heterocycles. The van der Waals surface area contributed by atoms with Crippen LogP contribution in [0.1, 0.15) is 23.9 Å². The molecule has 0 fully saturated rings. The van der Waals surface area contributed by atoms with Gasteiger partial charge in [0, 0.05) is 28.1 Å². The van der Waals surface area contributed by atoms with Crippen LogP contribution in [0.15, 0.2) is 47.6 Å². The molecule has 0 saturated carbocycles. The Morgan fingerprint density at radius 1 is 0.963 bits per heavy atom. The van der Waals surface area contributed by atoms with E-state index in [1.807, 2.05) is 18.2 Å². The van der Waals surface area contributed by atoms with E-state index in [9.17, 15) is 4.39 Å². The molecule has 8 heteroatoms. The zero-order valence-corrected chi connectivity index (χ0v) is 17.8. The molecule has 0 bridgehead atoms. The summed E-state index contributed by atoms with van der Waals surface area (Å²) in [7, 11) is 0. The minimum atomic E-state index is -0.224. The van der Waals surface area contributed by atoms with Gasteiger partial charge in [-0.1, -0.05) is 53.2 Å². The Labute approximate surface area is 176 Å². The van der Waals surface area contributed by atoms with Gasteiger partial charge in [-0.25, -0.2) is 4.39 Å². The highest BCUT2D eigenvalue weighted by Gasteiger charge is 2.13. The molecule has 0 amide bonds. The summed E-state index contributed by atoms with van der Waals surface area (Å²) in [5.74, 6) is 2.86. The van der Waals surface area contributed by atoms with Crippen LogP contribution >= 0.6 is 46.7 Å². The van der Waals surface area contributed by atoms with Crippen LogP contribution in [0, 0.1) is 5.82 Å². The van der Waals surface area contributed by atoms with Crippen molar-refractivity contribution < 1.29 is 4.39 Å². The number of rotatable bonds is 8. The highest BCUT2D eigenvalue weighted by Crippen LogP contribution is 2.30. The van der Waals surface area contributed by atoms with Crippen LogP contribution in [0.3, 0.4) is 0 Å². The molecular weight excluding hydrogens is 424 g/mol. The van der Waals surface area contributed by atoms with Gasteiger partial charge in [0.15, 0.2) is 5.16 Å². The normalized spacial score (nSPS) is 11.1. The number of benzene rings is 2. The summed E-state index contributed by atoms with van der Waals surface area (Å²) < 4.78 is 15.1. The average Bonchev–Trinajstić information content (AvgIpc) is 3.05. The van der Waals surface area contributed by atoms with Gasteiger partial charge in [0.2, 0.25) is 0 Å². The number of aromatic nitrogens is 3. The summed E-state index contributed by atoms with van der Waals surface area (Å²) in [5, 5.41) is 10.9. The maximum Gasteiger partial charge on any atom is 0.191 e. The molecule has 0 aliphatic rings. The number of hydrogen-bond acceptors (Lipinski definition) is 4. The van der Waals surface area contributed by atoms with Crippen molar-refractivity contribution in [1.29, 1.82) is 0 Å². The molecule has 0 aliphatic heterocycles. The standard InChI is InChI=1S/C19H18Cl2FN3S2/c1-2-25-18(12-26-11-15-16(20)4-3-5-17(15)21)23-24-19(25)27-10-13-6-8-14(22)9-7-13/h3-9H,2,10-12H2,1H3. The number of halogens is 3. The Hall–Kier alpha value is -1.21. The van der Waals surface area contributed by atoms with Crippen molar-refractivity contribution in [2.24, 2.45) is 0 Å². The third-order valence-corrected chi connectivity index (χ3v) is 6.63. The van der Waals surface area contributed by atoms with E-state index < -0.39 is 0 Å². The lowest BCUT2D eigenvalue weighted by Gasteiger charge is -2.09. The maximum absolute atomic E-state index is 13.0. The lowest BCUT2D eigenvalue weighted by Crippen LogP contribution is -2.02. The van der Waals surface area contributed by atoms with Crippen LogP contribution in [0.25, 0.3) is 0 Å². The van der Waals surface area contributed by atoms with Crippen LogP contribution in [0.2, 0.25) is 10.0 Å². The van der Waals surface area contributed by atoms with Crippen molar-refractivity contribution in [3.05, 3.63) is 75.3 Å². The molecule has 0 spiro atoms. The largest absolute Gasteiger partial charge is 0.306 e. The highest BCUT2D eigenvalue weighted by atomic mass is 35.5. The molecule has 2 aromatic carbocycles. The third-order valence-electron chi connectivity index (χ3n) is 3.93. The van der Waals surface area contributed by atoms with E-state index in [4.69, 9.17) is 23.2 Å². The summed E-state index contributed by atoms with van der Waals surface area (Å²) in [5.41, 5.74) is 2.00. The number of thioether (sulfide) groups is 2. The van der Waals surface area contributed by atoms with Crippen LogP contribution in [0.4, 0.5) is 4.39 Å². The molecular formula is C19H18Cl2FN3S2. The fourth-order valence-corrected chi connectivity index (χ4v) is 5.17. The van der Waals surface area contributed by atoms with Gasteiger partial charge in [-0.3, -0.25) is 0 Å². The second-order valence-electron chi connectivity index (χ2n) is 5.75. The summed E-state index contributed by atoms with van der Waals surface area (Å²) in [4.78, 5) is 0. The Balaban J connectivity index is 1.60. The van der Waals surface area contributed by atoms with E-state index in [2.05, 4.69) is 21.7 Å². The van der Waals surface area contributed by atoms with Crippen molar-refractivity contribution in [3.8, 4) is 0 Å². The van der Waals surface area contributed by atoms with Gasteiger partial charge in [-0.2, -0.15) is 0 Å². The predicted molar refractivity (Wildman–Crippen MR) is 113 cm³/mol. The Kier molecular flexibility index (Phi) is 7.47. The van der Waals surface area contributed by atoms with Crippen LogP contribution in [-0.2, 0) is 23.8 Å². The van der Waals surface area contributed by atoms with Gasteiger partial charge >= 0.3 is 0 Å². The molecule has 0 N–H and O–H groups in total. The third kappa shape index (κ3) is 5.41. The zero-order valence-electron chi connectivity index (χ0n) is 14.7. The van der Waals surface area contributed by atoms with Gasteiger partial charge in [0.05, 0.1) is 5.75 Å². The second kappa shape index (κ2) is 9.82. The Morgan fingerprint density at radius 2 is 1.67 bits per heavy atom. The van der Waals surface area contributed by atoms with Crippen LogP contribution in [-0.4, -0.2) is 14.8 Å². The second-order valence-corrected chi connectivity index (χ2v) is 8.49. The van der Waals surface area contributed by atoms with Gasteiger partial charge in [0.25, 0.3) is 0 Å². The maximum atomic E-state index is 13.0. The SMILES string of the molecule is CCn1c(CSCc2c(Cl)cccc2Cl)nnc1SCc1ccc(F)cc1. The first-order chi connectivity index (χ1) is 13.1. The molecule has 0 aliphatic carbocycles. The Bertz CT molecular complexity index is 880. The van der Waals surface area contributed by atoms with Crippen LogP contribution in [0.5, 0.6) is 0 Å². The molecule has 3 aromatic rings. The lowest BCUT2D eigenvalue weighted by atomic mass is 10.2. The average molecular weight is 442 g/mol. The number of nitrogens with zero attached hydrogens (tertiary/aromatic N) is 3. The molecule has 0 unspecified atom stereocenters. The van der Waals surface area contributed by atoms with E-state index >= 15 is 0 Å².